The van der Waals surface area contributed by atoms with Crippen LogP contribution in [0.1, 0.15) is 26.2 Å². The highest BCUT2D eigenvalue weighted by atomic mass is 19.3. The van der Waals surface area contributed by atoms with Crippen LogP contribution in [0.15, 0.2) is 12.4 Å². The number of hydrogen-bond donors (Lipinski definition) is 0. The third-order valence-corrected chi connectivity index (χ3v) is 3.55. The van der Waals surface area contributed by atoms with Crippen LogP contribution in [0.25, 0.3) is 0 Å². The summed E-state index contributed by atoms with van der Waals surface area (Å²) in [6, 6.07) is 0. The third-order valence-electron chi connectivity index (χ3n) is 3.55. The van der Waals surface area contributed by atoms with Gasteiger partial charge in [-0.2, -0.15) is 8.78 Å². The Kier molecular flexibility index (Phi) is 5.47. The zero-order valence-electron chi connectivity index (χ0n) is 13.1. The summed E-state index contributed by atoms with van der Waals surface area (Å²) in [5.41, 5.74) is 0. The first-order valence-electron chi connectivity index (χ1n) is 7.28. The van der Waals surface area contributed by atoms with Crippen molar-refractivity contribution in [3.8, 4) is 0 Å². The van der Waals surface area contributed by atoms with E-state index in [1.165, 1.54) is 12.4 Å². The van der Waals surface area contributed by atoms with Gasteiger partial charge in [0.15, 0.2) is 0 Å². The Morgan fingerprint density at radius 3 is 2.68 bits per heavy atom. The molecule has 1 aromatic heterocycles. The maximum atomic E-state index is 12.8. The van der Waals surface area contributed by atoms with Crippen molar-refractivity contribution in [3.63, 3.8) is 0 Å². The Balaban J connectivity index is 1.89. The Hall–Kier alpha value is -1.54. The number of carbonyl (C=O) groups excluding carboxylic acids is 1. The summed E-state index contributed by atoms with van der Waals surface area (Å²) >= 11 is 0. The average molecular weight is 316 g/mol. The topological polar surface area (TPSA) is 50.6 Å². The second-order valence-corrected chi connectivity index (χ2v) is 5.76. The van der Waals surface area contributed by atoms with E-state index in [1.54, 1.807) is 16.8 Å². The molecule has 1 aromatic rings. The Morgan fingerprint density at radius 2 is 2.09 bits per heavy atom. The molecular weight excluding hydrogens is 294 g/mol. The first kappa shape index (κ1) is 16.8. The van der Waals surface area contributed by atoms with Crippen LogP contribution in [-0.2, 0) is 16.1 Å². The van der Waals surface area contributed by atoms with E-state index in [2.05, 4.69) is 4.98 Å². The monoisotopic (exact) mass is 316 g/mol. The van der Waals surface area contributed by atoms with Gasteiger partial charge >= 0.3 is 6.55 Å². The molecule has 22 heavy (non-hydrogen) atoms. The molecule has 1 saturated heterocycles. The number of amides is 1. The van der Waals surface area contributed by atoms with E-state index in [0.717, 1.165) is 4.57 Å². The molecule has 2 rings (SSSR count). The molecule has 0 spiro atoms. The summed E-state index contributed by atoms with van der Waals surface area (Å²) in [4.78, 5) is 19.7. The Labute approximate surface area is 128 Å². The zero-order chi connectivity index (χ0) is 16.3. The van der Waals surface area contributed by atoms with Crippen LogP contribution in [0.3, 0.4) is 0 Å². The summed E-state index contributed by atoms with van der Waals surface area (Å²) in [5, 5.41) is 0. The van der Waals surface area contributed by atoms with E-state index < -0.39 is 6.55 Å². The number of aromatic nitrogens is 2. The molecule has 0 radical (unpaired) electrons. The molecule has 0 aliphatic carbocycles. The fourth-order valence-corrected chi connectivity index (χ4v) is 2.65. The summed E-state index contributed by atoms with van der Waals surface area (Å²) in [6.07, 6.45) is 2.59. The van der Waals surface area contributed by atoms with Gasteiger partial charge in [0.2, 0.25) is 5.91 Å². The summed E-state index contributed by atoms with van der Waals surface area (Å²) < 4.78 is 31.9. The maximum absolute atomic E-state index is 12.8. The molecule has 1 aliphatic rings. The second kappa shape index (κ2) is 7.15. The van der Waals surface area contributed by atoms with Crippen LogP contribution >= 0.6 is 0 Å². The summed E-state index contributed by atoms with van der Waals surface area (Å²) in [6.45, 7) is 2.71. The number of likely N-dealkylation sites (N-methyl/N-ethyl adjacent to an activating group) is 1. The van der Waals surface area contributed by atoms with Crippen molar-refractivity contribution in [2.24, 2.45) is 0 Å². The maximum Gasteiger partial charge on any atom is 0.319 e. The number of nitrogens with zero attached hydrogens (tertiary/aromatic N) is 4. The predicted octanol–water partition coefficient (Wildman–Crippen LogP) is 1.35. The fourth-order valence-electron chi connectivity index (χ4n) is 2.65. The van der Waals surface area contributed by atoms with Gasteiger partial charge in [0.25, 0.3) is 0 Å². The number of morpholine rings is 1. The lowest BCUT2D eigenvalue weighted by molar-refractivity contribution is -0.144. The van der Waals surface area contributed by atoms with Crippen molar-refractivity contribution in [1.29, 1.82) is 0 Å². The van der Waals surface area contributed by atoms with E-state index in [-0.39, 0.29) is 37.0 Å². The number of hydrogen-bond acceptors (Lipinski definition) is 4. The molecule has 124 valence electrons. The number of carbonyl (C=O) groups is 1. The molecular formula is C14H22F2N4O2. The van der Waals surface area contributed by atoms with Crippen molar-refractivity contribution in [1.82, 2.24) is 19.4 Å². The molecule has 2 unspecified atom stereocenters. The van der Waals surface area contributed by atoms with Crippen LogP contribution in [0.4, 0.5) is 8.78 Å². The second-order valence-electron chi connectivity index (χ2n) is 5.76. The van der Waals surface area contributed by atoms with Crippen molar-refractivity contribution in [2.45, 2.75) is 39.1 Å². The highest BCUT2D eigenvalue weighted by molar-refractivity contribution is 5.78. The molecule has 1 fully saturated rings. The lowest BCUT2D eigenvalue weighted by Crippen LogP contribution is -2.50. The number of imidazole rings is 1. The van der Waals surface area contributed by atoms with E-state index in [9.17, 15) is 13.6 Å². The van der Waals surface area contributed by atoms with Gasteiger partial charge < -0.3 is 9.64 Å². The molecule has 0 aromatic carbocycles. The van der Waals surface area contributed by atoms with Gasteiger partial charge in [0.1, 0.15) is 5.82 Å². The predicted molar refractivity (Wildman–Crippen MR) is 76.4 cm³/mol. The smallest absolute Gasteiger partial charge is 0.319 e. The van der Waals surface area contributed by atoms with Gasteiger partial charge in [0.05, 0.1) is 25.3 Å². The summed E-state index contributed by atoms with van der Waals surface area (Å²) in [7, 11) is 1.72. The average Bonchev–Trinajstić information content (AvgIpc) is 2.85. The van der Waals surface area contributed by atoms with Crippen LogP contribution < -0.4 is 0 Å². The highest BCUT2D eigenvalue weighted by Crippen LogP contribution is 2.14. The molecule has 2 heterocycles. The number of halogens is 2. The normalized spacial score (nSPS) is 22.6. The third kappa shape index (κ3) is 4.23. The van der Waals surface area contributed by atoms with Gasteiger partial charge in [-0.15, -0.1) is 0 Å². The Morgan fingerprint density at radius 1 is 1.45 bits per heavy atom. The van der Waals surface area contributed by atoms with Gasteiger partial charge in [-0.05, 0) is 20.9 Å². The Bertz CT molecular complexity index is 499. The molecule has 2 atom stereocenters. The lowest BCUT2D eigenvalue weighted by atomic mass is 10.2. The van der Waals surface area contributed by atoms with Gasteiger partial charge in [-0.25, -0.2) is 4.98 Å². The van der Waals surface area contributed by atoms with Crippen molar-refractivity contribution >= 4 is 5.91 Å². The van der Waals surface area contributed by atoms with E-state index in [1.807, 2.05) is 13.8 Å². The molecule has 6 nitrogen and oxygen atoms in total. The number of alkyl halides is 2. The minimum Gasteiger partial charge on any atom is -0.372 e. The number of ether oxygens (including phenoxy) is 1. The first-order chi connectivity index (χ1) is 10.4. The van der Waals surface area contributed by atoms with E-state index in [0.29, 0.717) is 13.1 Å². The standard InChI is InChI=1S/C14H22F2N4O2/c1-10-6-19(7-11(2)22-10)13(21)9-18(3)8-12-17-4-5-20(12)14(15)16/h4-5,10-11,14H,6-9H2,1-3H3. The summed E-state index contributed by atoms with van der Waals surface area (Å²) in [5.74, 6) is 0.216. The van der Waals surface area contributed by atoms with Crippen LogP contribution in [0.5, 0.6) is 0 Å². The zero-order valence-corrected chi connectivity index (χ0v) is 13.1. The molecule has 0 saturated carbocycles. The highest BCUT2D eigenvalue weighted by Gasteiger charge is 2.26. The van der Waals surface area contributed by atoms with E-state index in [4.69, 9.17) is 4.74 Å². The molecule has 1 aliphatic heterocycles. The van der Waals surface area contributed by atoms with Crippen LogP contribution in [0, 0.1) is 0 Å². The molecule has 0 bridgehead atoms. The van der Waals surface area contributed by atoms with Crippen LogP contribution in [-0.4, -0.2) is 64.1 Å². The first-order valence-corrected chi connectivity index (χ1v) is 7.28. The van der Waals surface area contributed by atoms with Gasteiger partial charge in [-0.1, -0.05) is 0 Å². The van der Waals surface area contributed by atoms with E-state index >= 15 is 0 Å². The minimum atomic E-state index is -2.62. The SMILES string of the molecule is CC1CN(C(=O)CN(C)Cc2nccn2C(F)F)CC(C)O1. The molecule has 1 amide bonds. The van der Waals surface area contributed by atoms with Crippen LogP contribution in [0.2, 0.25) is 0 Å². The largest absolute Gasteiger partial charge is 0.372 e. The minimum absolute atomic E-state index is 0.00994. The van der Waals surface area contributed by atoms with Gasteiger partial charge in [-0.3, -0.25) is 14.3 Å². The fraction of sp³-hybridized carbons (Fsp3) is 0.714. The lowest BCUT2D eigenvalue weighted by Gasteiger charge is -2.36. The van der Waals surface area contributed by atoms with Crippen molar-refractivity contribution in [3.05, 3.63) is 18.2 Å². The van der Waals surface area contributed by atoms with Crippen molar-refractivity contribution in [2.75, 3.05) is 26.7 Å². The molecule has 0 N–H and O–H groups in total. The quantitative estimate of drug-likeness (QED) is 0.823. The van der Waals surface area contributed by atoms with Crippen molar-refractivity contribution < 1.29 is 18.3 Å². The molecule has 8 heteroatoms. The number of rotatable bonds is 5. The van der Waals surface area contributed by atoms with Gasteiger partial charge in [0, 0.05) is 25.5 Å².